The largest absolute Gasteiger partial charge is 0.307 e. The van der Waals surface area contributed by atoms with Crippen LogP contribution < -0.4 is 5.01 Å². The maximum atomic E-state index is 4.43. The number of H-pyrrole nitrogens is 1. The van der Waals surface area contributed by atoms with Crippen molar-refractivity contribution in [3.05, 3.63) is 18.3 Å². The molecule has 76 valence electrons. The highest BCUT2D eigenvalue weighted by atomic mass is 15.5. The predicted octanol–water partition coefficient (Wildman–Crippen LogP) is 1.54. The van der Waals surface area contributed by atoms with Crippen LogP contribution in [0, 0.1) is 0 Å². The van der Waals surface area contributed by atoms with Crippen molar-refractivity contribution in [2.75, 3.05) is 11.6 Å². The molecule has 3 rings (SSSR count). The molecule has 1 aliphatic rings. The standard InChI is InChI=1S/C10H11N5/c1-2-7-15(12-6-1)10-13-8-4-3-5-11-9(8)14-10/h3-6H,1-2,7H2,(H,11,13,14). The molecule has 2 aromatic rings. The fourth-order valence-electron chi connectivity index (χ4n) is 1.66. The number of nitrogens with zero attached hydrogens (tertiary/aromatic N) is 4. The van der Waals surface area contributed by atoms with Crippen LogP contribution >= 0.6 is 0 Å². The number of aromatic amines is 1. The number of pyridine rings is 1. The van der Waals surface area contributed by atoms with E-state index in [1.165, 1.54) is 0 Å². The summed E-state index contributed by atoms with van der Waals surface area (Å²) >= 11 is 0. The highest BCUT2D eigenvalue weighted by Crippen LogP contribution is 2.17. The van der Waals surface area contributed by atoms with E-state index in [9.17, 15) is 0 Å². The van der Waals surface area contributed by atoms with E-state index in [4.69, 9.17) is 0 Å². The first-order valence-electron chi connectivity index (χ1n) is 5.04. The van der Waals surface area contributed by atoms with Crippen molar-refractivity contribution in [1.82, 2.24) is 15.0 Å². The lowest BCUT2D eigenvalue weighted by Gasteiger charge is -2.18. The van der Waals surface area contributed by atoms with Crippen LogP contribution in [0.3, 0.4) is 0 Å². The molecule has 1 N–H and O–H groups in total. The summed E-state index contributed by atoms with van der Waals surface area (Å²) in [6.07, 6.45) is 5.84. The van der Waals surface area contributed by atoms with Crippen molar-refractivity contribution < 1.29 is 0 Å². The number of rotatable bonds is 1. The van der Waals surface area contributed by atoms with Gasteiger partial charge in [0.15, 0.2) is 5.65 Å². The maximum Gasteiger partial charge on any atom is 0.225 e. The average molecular weight is 201 g/mol. The zero-order valence-electron chi connectivity index (χ0n) is 8.22. The van der Waals surface area contributed by atoms with Crippen LogP contribution in [-0.2, 0) is 0 Å². The summed E-state index contributed by atoms with van der Waals surface area (Å²) in [5, 5.41) is 6.16. The molecule has 0 aromatic carbocycles. The van der Waals surface area contributed by atoms with Gasteiger partial charge in [-0.1, -0.05) is 0 Å². The Morgan fingerprint density at radius 3 is 3.20 bits per heavy atom. The van der Waals surface area contributed by atoms with E-state index < -0.39 is 0 Å². The molecular weight excluding hydrogens is 190 g/mol. The van der Waals surface area contributed by atoms with Gasteiger partial charge in [0.05, 0.1) is 0 Å². The molecule has 0 unspecified atom stereocenters. The maximum absolute atomic E-state index is 4.43. The van der Waals surface area contributed by atoms with Gasteiger partial charge in [0.2, 0.25) is 5.95 Å². The van der Waals surface area contributed by atoms with Gasteiger partial charge in [0, 0.05) is 19.0 Å². The zero-order valence-corrected chi connectivity index (χ0v) is 8.22. The third kappa shape index (κ3) is 1.45. The first kappa shape index (κ1) is 8.40. The number of nitrogens with one attached hydrogen (secondary N) is 1. The molecule has 15 heavy (non-hydrogen) atoms. The van der Waals surface area contributed by atoms with Crippen molar-refractivity contribution in [3.63, 3.8) is 0 Å². The Morgan fingerprint density at radius 1 is 1.40 bits per heavy atom. The average Bonchev–Trinajstić information content (AvgIpc) is 2.74. The first-order chi connectivity index (χ1) is 7.43. The number of hydrogen-bond acceptors (Lipinski definition) is 4. The van der Waals surface area contributed by atoms with Crippen molar-refractivity contribution in [3.8, 4) is 0 Å². The lowest BCUT2D eigenvalue weighted by Crippen LogP contribution is -2.22. The molecule has 0 fully saturated rings. The van der Waals surface area contributed by atoms with Gasteiger partial charge in [0.25, 0.3) is 0 Å². The highest BCUT2D eigenvalue weighted by Gasteiger charge is 2.12. The van der Waals surface area contributed by atoms with Crippen LogP contribution in [0.5, 0.6) is 0 Å². The molecular formula is C10H11N5. The predicted molar refractivity (Wildman–Crippen MR) is 59.0 cm³/mol. The summed E-state index contributed by atoms with van der Waals surface area (Å²) in [6, 6.07) is 3.82. The lowest BCUT2D eigenvalue weighted by atomic mass is 10.3. The topological polar surface area (TPSA) is 57.2 Å². The van der Waals surface area contributed by atoms with Crippen molar-refractivity contribution >= 4 is 23.3 Å². The van der Waals surface area contributed by atoms with Gasteiger partial charge in [-0.2, -0.15) is 5.10 Å². The Morgan fingerprint density at radius 2 is 2.40 bits per heavy atom. The Kier molecular flexibility index (Phi) is 1.87. The van der Waals surface area contributed by atoms with E-state index in [2.05, 4.69) is 20.1 Å². The molecule has 0 saturated heterocycles. The molecule has 0 radical (unpaired) electrons. The molecule has 2 aromatic heterocycles. The highest BCUT2D eigenvalue weighted by molar-refractivity contribution is 5.73. The normalized spacial score (nSPS) is 16.1. The van der Waals surface area contributed by atoms with Gasteiger partial charge < -0.3 is 4.98 Å². The van der Waals surface area contributed by atoms with Gasteiger partial charge in [-0.15, -0.1) is 0 Å². The first-order valence-corrected chi connectivity index (χ1v) is 5.04. The summed E-state index contributed by atoms with van der Waals surface area (Å²) in [4.78, 5) is 11.8. The Balaban J connectivity index is 2.03. The molecule has 0 aliphatic carbocycles. The van der Waals surface area contributed by atoms with Crippen LogP contribution in [0.15, 0.2) is 23.4 Å². The SMILES string of the molecule is C1=NN(c2nc3cccnc3[nH]2)CCC1. The monoisotopic (exact) mass is 201 g/mol. The molecule has 0 saturated carbocycles. The second-order valence-electron chi connectivity index (χ2n) is 3.49. The number of aromatic nitrogens is 3. The van der Waals surface area contributed by atoms with Crippen LogP contribution in [0.25, 0.3) is 11.2 Å². The number of imidazole rings is 1. The van der Waals surface area contributed by atoms with Crippen LogP contribution in [-0.4, -0.2) is 27.7 Å². The van der Waals surface area contributed by atoms with Gasteiger partial charge in [-0.25, -0.2) is 15.0 Å². The van der Waals surface area contributed by atoms with E-state index >= 15 is 0 Å². The van der Waals surface area contributed by atoms with Crippen LogP contribution in [0.1, 0.15) is 12.8 Å². The second kappa shape index (κ2) is 3.34. The molecule has 0 bridgehead atoms. The fraction of sp³-hybridized carbons (Fsp3) is 0.300. The van der Waals surface area contributed by atoms with E-state index in [0.29, 0.717) is 0 Å². The third-order valence-corrected chi connectivity index (χ3v) is 2.41. The minimum absolute atomic E-state index is 0.777. The number of hydrazone groups is 1. The Bertz CT molecular complexity index is 468. The van der Waals surface area contributed by atoms with E-state index in [-0.39, 0.29) is 0 Å². The lowest BCUT2D eigenvalue weighted by molar-refractivity contribution is 0.734. The molecule has 5 heteroatoms. The second-order valence-corrected chi connectivity index (χ2v) is 3.49. The summed E-state index contributed by atoms with van der Waals surface area (Å²) in [5.41, 5.74) is 1.70. The number of anilines is 1. The summed E-state index contributed by atoms with van der Waals surface area (Å²) in [6.45, 7) is 0.913. The molecule has 0 atom stereocenters. The number of hydrogen-bond donors (Lipinski definition) is 1. The fourth-order valence-corrected chi connectivity index (χ4v) is 1.66. The molecule has 0 spiro atoms. The Labute approximate surface area is 86.8 Å². The summed E-state index contributed by atoms with van der Waals surface area (Å²) < 4.78 is 0. The van der Waals surface area contributed by atoms with Gasteiger partial charge in [-0.3, -0.25) is 0 Å². The van der Waals surface area contributed by atoms with Gasteiger partial charge >= 0.3 is 0 Å². The summed E-state index contributed by atoms with van der Waals surface area (Å²) in [7, 11) is 0. The zero-order chi connectivity index (χ0) is 10.1. The minimum Gasteiger partial charge on any atom is -0.307 e. The van der Waals surface area contributed by atoms with Crippen molar-refractivity contribution in [1.29, 1.82) is 0 Å². The molecule has 3 heterocycles. The van der Waals surface area contributed by atoms with Gasteiger partial charge in [-0.05, 0) is 25.0 Å². The van der Waals surface area contributed by atoms with E-state index in [1.54, 1.807) is 6.20 Å². The third-order valence-electron chi connectivity index (χ3n) is 2.41. The van der Waals surface area contributed by atoms with E-state index in [1.807, 2.05) is 23.4 Å². The minimum atomic E-state index is 0.777. The Hall–Kier alpha value is -1.91. The molecule has 1 aliphatic heterocycles. The molecule has 5 nitrogen and oxygen atoms in total. The van der Waals surface area contributed by atoms with Crippen molar-refractivity contribution in [2.45, 2.75) is 12.8 Å². The van der Waals surface area contributed by atoms with Gasteiger partial charge in [0.1, 0.15) is 5.52 Å². The smallest absolute Gasteiger partial charge is 0.225 e. The number of fused-ring (bicyclic) bond motifs is 1. The van der Waals surface area contributed by atoms with Crippen LogP contribution in [0.2, 0.25) is 0 Å². The quantitative estimate of drug-likeness (QED) is 0.761. The van der Waals surface area contributed by atoms with E-state index in [0.717, 1.165) is 36.5 Å². The summed E-state index contributed by atoms with van der Waals surface area (Å²) in [5.74, 6) is 0.777. The van der Waals surface area contributed by atoms with Crippen molar-refractivity contribution in [2.24, 2.45) is 5.10 Å². The molecule has 0 amide bonds. The van der Waals surface area contributed by atoms with Crippen LogP contribution in [0.4, 0.5) is 5.95 Å².